The van der Waals surface area contributed by atoms with Crippen molar-refractivity contribution in [3.05, 3.63) is 90.0 Å². The second kappa shape index (κ2) is 9.20. The first-order valence-electron chi connectivity index (χ1n) is 8.64. The average molecular weight is 359 g/mol. The lowest BCUT2D eigenvalue weighted by molar-refractivity contribution is -0.119. The van der Waals surface area contributed by atoms with Crippen molar-refractivity contribution >= 4 is 17.8 Å². The van der Waals surface area contributed by atoms with Gasteiger partial charge in [0, 0.05) is 5.69 Å². The van der Waals surface area contributed by atoms with Crippen LogP contribution < -0.4 is 15.5 Å². The summed E-state index contributed by atoms with van der Waals surface area (Å²) >= 11 is 0. The molecule has 136 valence electrons. The summed E-state index contributed by atoms with van der Waals surface area (Å²) in [6.45, 7) is 2.16. The number of aryl methyl sites for hydroxylation is 1. The van der Waals surface area contributed by atoms with E-state index in [2.05, 4.69) is 15.8 Å². The van der Waals surface area contributed by atoms with Gasteiger partial charge >= 0.3 is 0 Å². The maximum Gasteiger partial charge on any atom is 0.259 e. The number of hydrogen-bond acceptors (Lipinski definition) is 4. The predicted molar refractivity (Wildman–Crippen MR) is 108 cm³/mol. The minimum Gasteiger partial charge on any atom is -0.457 e. The summed E-state index contributed by atoms with van der Waals surface area (Å²) in [5, 5.41) is 7.06. The highest BCUT2D eigenvalue weighted by molar-refractivity contribution is 5.84. The van der Waals surface area contributed by atoms with E-state index in [0.717, 1.165) is 22.6 Å². The van der Waals surface area contributed by atoms with Gasteiger partial charge in [0.2, 0.25) is 0 Å². The number of ether oxygens (including phenoxy) is 1. The Kier molecular flexibility index (Phi) is 6.20. The molecule has 0 bridgehead atoms. The van der Waals surface area contributed by atoms with E-state index in [4.69, 9.17) is 4.74 Å². The van der Waals surface area contributed by atoms with E-state index in [-0.39, 0.29) is 12.5 Å². The van der Waals surface area contributed by atoms with Crippen LogP contribution in [0.5, 0.6) is 11.5 Å². The number of hydrogen-bond donors (Lipinski definition) is 2. The lowest BCUT2D eigenvalue weighted by Crippen LogP contribution is -2.25. The van der Waals surface area contributed by atoms with Gasteiger partial charge in [0.25, 0.3) is 5.91 Å². The van der Waals surface area contributed by atoms with Gasteiger partial charge in [0.15, 0.2) is 0 Å². The normalized spacial score (nSPS) is 10.6. The van der Waals surface area contributed by atoms with Crippen LogP contribution in [-0.4, -0.2) is 18.7 Å². The predicted octanol–water partition coefficient (Wildman–Crippen LogP) is 4.35. The second-order valence-electron chi connectivity index (χ2n) is 6.00. The third kappa shape index (κ3) is 6.01. The highest BCUT2D eigenvalue weighted by atomic mass is 16.5. The van der Waals surface area contributed by atoms with Crippen LogP contribution in [0.3, 0.4) is 0 Å². The fourth-order valence-corrected chi connectivity index (χ4v) is 2.44. The topological polar surface area (TPSA) is 62.7 Å². The van der Waals surface area contributed by atoms with Crippen LogP contribution in [0.4, 0.5) is 5.69 Å². The number of para-hydroxylation sites is 1. The van der Waals surface area contributed by atoms with E-state index in [1.807, 2.05) is 85.8 Å². The molecule has 0 heterocycles. The number of rotatable bonds is 7. The van der Waals surface area contributed by atoms with Crippen LogP contribution in [-0.2, 0) is 4.79 Å². The van der Waals surface area contributed by atoms with E-state index in [1.165, 1.54) is 0 Å². The van der Waals surface area contributed by atoms with Crippen molar-refractivity contribution in [3.8, 4) is 11.5 Å². The van der Waals surface area contributed by atoms with E-state index in [1.54, 1.807) is 6.21 Å². The molecular formula is C22H21N3O2. The zero-order chi connectivity index (χ0) is 18.9. The van der Waals surface area contributed by atoms with Crippen molar-refractivity contribution < 1.29 is 9.53 Å². The standard InChI is InChI=1S/C22H21N3O2/c1-17-7-5-9-19(13-17)23-16-22(26)25-24-15-18-8-6-12-21(14-18)27-20-10-3-2-4-11-20/h2-15,23H,16H2,1H3,(H,25,26)/b24-15+. The van der Waals surface area contributed by atoms with E-state index >= 15 is 0 Å². The summed E-state index contributed by atoms with van der Waals surface area (Å²) in [6.07, 6.45) is 1.59. The van der Waals surface area contributed by atoms with Crippen molar-refractivity contribution in [1.29, 1.82) is 0 Å². The number of carbonyl (C=O) groups is 1. The molecule has 0 unspecified atom stereocenters. The molecule has 0 aliphatic rings. The molecule has 3 aromatic rings. The van der Waals surface area contributed by atoms with Crippen molar-refractivity contribution in [1.82, 2.24) is 5.43 Å². The van der Waals surface area contributed by atoms with Crippen LogP contribution in [0.25, 0.3) is 0 Å². The van der Waals surface area contributed by atoms with Gasteiger partial charge in [-0.25, -0.2) is 5.43 Å². The number of benzene rings is 3. The molecule has 0 aliphatic heterocycles. The fraction of sp³-hybridized carbons (Fsp3) is 0.0909. The van der Waals surface area contributed by atoms with E-state index in [9.17, 15) is 4.79 Å². The third-order valence-corrected chi connectivity index (χ3v) is 3.71. The van der Waals surface area contributed by atoms with E-state index < -0.39 is 0 Å². The summed E-state index contributed by atoms with van der Waals surface area (Å²) in [7, 11) is 0. The largest absolute Gasteiger partial charge is 0.457 e. The molecule has 0 spiro atoms. The Hall–Kier alpha value is -3.60. The van der Waals surface area contributed by atoms with Gasteiger partial charge in [-0.15, -0.1) is 0 Å². The van der Waals surface area contributed by atoms with Crippen LogP contribution in [0.2, 0.25) is 0 Å². The molecule has 0 fully saturated rings. The first kappa shape index (κ1) is 18.2. The minimum absolute atomic E-state index is 0.151. The Morgan fingerprint density at radius 3 is 2.56 bits per heavy atom. The van der Waals surface area contributed by atoms with Crippen LogP contribution >= 0.6 is 0 Å². The van der Waals surface area contributed by atoms with Gasteiger partial charge in [-0.1, -0.05) is 42.5 Å². The van der Waals surface area contributed by atoms with Gasteiger partial charge in [0.1, 0.15) is 11.5 Å². The van der Waals surface area contributed by atoms with Crippen LogP contribution in [0.1, 0.15) is 11.1 Å². The first-order chi connectivity index (χ1) is 13.2. The quantitative estimate of drug-likeness (QED) is 0.487. The molecule has 27 heavy (non-hydrogen) atoms. The zero-order valence-electron chi connectivity index (χ0n) is 15.1. The van der Waals surface area contributed by atoms with Gasteiger partial charge < -0.3 is 10.1 Å². The lowest BCUT2D eigenvalue weighted by Gasteiger charge is -2.06. The summed E-state index contributed by atoms with van der Waals surface area (Å²) in [5.41, 5.74) is 5.38. The maximum atomic E-state index is 11.9. The summed E-state index contributed by atoms with van der Waals surface area (Å²) in [4.78, 5) is 11.9. The molecule has 0 aromatic heterocycles. The zero-order valence-corrected chi connectivity index (χ0v) is 15.1. The molecule has 3 rings (SSSR count). The molecule has 0 atom stereocenters. The number of nitrogens with one attached hydrogen (secondary N) is 2. The highest BCUT2D eigenvalue weighted by Crippen LogP contribution is 2.21. The summed E-state index contributed by atoms with van der Waals surface area (Å²) in [6, 6.07) is 24.9. The maximum absolute atomic E-state index is 11.9. The Morgan fingerprint density at radius 1 is 0.963 bits per heavy atom. The molecule has 0 aliphatic carbocycles. The van der Waals surface area contributed by atoms with Crippen molar-refractivity contribution in [3.63, 3.8) is 0 Å². The summed E-state index contributed by atoms with van der Waals surface area (Å²) < 4.78 is 5.78. The highest BCUT2D eigenvalue weighted by Gasteiger charge is 2.00. The average Bonchev–Trinajstić information content (AvgIpc) is 2.68. The Labute approximate surface area is 158 Å². The second-order valence-corrected chi connectivity index (χ2v) is 6.00. The number of anilines is 1. The number of hydrazone groups is 1. The van der Waals surface area contributed by atoms with Gasteiger partial charge in [-0.3, -0.25) is 4.79 Å². The number of carbonyl (C=O) groups excluding carboxylic acids is 1. The molecule has 0 saturated carbocycles. The first-order valence-corrected chi connectivity index (χ1v) is 8.64. The molecule has 5 nitrogen and oxygen atoms in total. The Balaban J connectivity index is 1.50. The fourth-order valence-electron chi connectivity index (χ4n) is 2.44. The molecule has 5 heteroatoms. The van der Waals surface area contributed by atoms with Crippen molar-refractivity contribution in [2.24, 2.45) is 5.10 Å². The smallest absolute Gasteiger partial charge is 0.259 e. The lowest BCUT2D eigenvalue weighted by atomic mass is 10.2. The van der Waals surface area contributed by atoms with Crippen LogP contribution in [0, 0.1) is 6.92 Å². The van der Waals surface area contributed by atoms with Gasteiger partial charge in [-0.05, 0) is 54.4 Å². The monoisotopic (exact) mass is 359 g/mol. The number of nitrogens with zero attached hydrogens (tertiary/aromatic N) is 1. The molecule has 1 amide bonds. The molecule has 0 saturated heterocycles. The SMILES string of the molecule is Cc1cccc(NCC(=O)N/N=C/c2cccc(Oc3ccccc3)c2)c1. The Bertz CT molecular complexity index is 924. The molecular weight excluding hydrogens is 338 g/mol. The molecule has 2 N–H and O–H groups in total. The van der Waals surface area contributed by atoms with E-state index in [0.29, 0.717) is 5.75 Å². The summed E-state index contributed by atoms with van der Waals surface area (Å²) in [5.74, 6) is 1.25. The molecule has 3 aromatic carbocycles. The Morgan fingerprint density at radius 2 is 1.74 bits per heavy atom. The van der Waals surface area contributed by atoms with Crippen molar-refractivity contribution in [2.45, 2.75) is 6.92 Å². The number of amides is 1. The van der Waals surface area contributed by atoms with Crippen LogP contribution in [0.15, 0.2) is 84.0 Å². The third-order valence-electron chi connectivity index (χ3n) is 3.71. The van der Waals surface area contributed by atoms with Gasteiger partial charge in [-0.2, -0.15) is 5.10 Å². The van der Waals surface area contributed by atoms with Crippen molar-refractivity contribution in [2.75, 3.05) is 11.9 Å². The van der Waals surface area contributed by atoms with Gasteiger partial charge in [0.05, 0.1) is 12.8 Å². The molecule has 0 radical (unpaired) electrons. The minimum atomic E-state index is -0.218.